The Morgan fingerprint density at radius 2 is 1.97 bits per heavy atom. The molecule has 29 heavy (non-hydrogen) atoms. The molecule has 3 aliphatic rings. The molecule has 0 aromatic heterocycles. The molecule has 0 aromatic carbocycles. The first-order valence-electron chi connectivity index (χ1n) is 12.1. The van der Waals surface area contributed by atoms with E-state index in [9.17, 15) is 10.2 Å². The SMILES string of the molecule is C=C1CC[C@H](O)C/C1=C/C=C1\CCC[C@]2(C)[C@@H]1CC[C@@H]2[C@@H](C)CCCC(C)(C)O. The Kier molecular flexibility index (Phi) is 7.16. The summed E-state index contributed by atoms with van der Waals surface area (Å²) in [5.41, 5.74) is 4.02. The van der Waals surface area contributed by atoms with Crippen molar-refractivity contribution in [1.29, 1.82) is 0 Å². The molecule has 2 heteroatoms. The molecule has 3 fully saturated rings. The van der Waals surface area contributed by atoms with Crippen LogP contribution in [0.25, 0.3) is 0 Å². The van der Waals surface area contributed by atoms with Gasteiger partial charge in [-0.3, -0.25) is 0 Å². The van der Waals surface area contributed by atoms with Crippen molar-refractivity contribution in [3.05, 3.63) is 35.5 Å². The maximum atomic E-state index is 10.0. The van der Waals surface area contributed by atoms with E-state index in [2.05, 4.69) is 32.6 Å². The van der Waals surface area contributed by atoms with Gasteiger partial charge in [0.1, 0.15) is 0 Å². The third-order valence-electron chi connectivity index (χ3n) is 8.36. The normalized spacial score (nSPS) is 37.2. The third kappa shape index (κ3) is 5.44. The molecule has 0 saturated heterocycles. The monoisotopic (exact) mass is 400 g/mol. The number of allylic oxidation sites excluding steroid dienone is 4. The second-order valence-electron chi connectivity index (χ2n) is 11.2. The lowest BCUT2D eigenvalue weighted by molar-refractivity contribution is 0.0596. The second-order valence-corrected chi connectivity index (χ2v) is 11.2. The van der Waals surface area contributed by atoms with Crippen LogP contribution in [-0.2, 0) is 0 Å². The summed E-state index contributed by atoms with van der Waals surface area (Å²) in [6.07, 6.45) is 16.9. The molecule has 0 radical (unpaired) electrons. The van der Waals surface area contributed by atoms with Crippen LogP contribution in [0.3, 0.4) is 0 Å². The van der Waals surface area contributed by atoms with Crippen LogP contribution >= 0.6 is 0 Å². The van der Waals surface area contributed by atoms with E-state index in [1.807, 2.05) is 13.8 Å². The van der Waals surface area contributed by atoms with Crippen molar-refractivity contribution in [2.45, 2.75) is 110 Å². The zero-order valence-electron chi connectivity index (χ0n) is 19.3. The number of fused-ring (bicyclic) bond motifs is 1. The van der Waals surface area contributed by atoms with E-state index in [0.717, 1.165) is 49.9 Å². The van der Waals surface area contributed by atoms with Crippen LogP contribution < -0.4 is 0 Å². The fourth-order valence-electron chi connectivity index (χ4n) is 6.67. The van der Waals surface area contributed by atoms with Crippen molar-refractivity contribution in [1.82, 2.24) is 0 Å². The predicted molar refractivity (Wildman–Crippen MR) is 123 cm³/mol. The van der Waals surface area contributed by atoms with Crippen molar-refractivity contribution in [2.24, 2.45) is 23.2 Å². The molecule has 3 aliphatic carbocycles. The van der Waals surface area contributed by atoms with Gasteiger partial charge in [-0.05, 0) is 100 Å². The quantitative estimate of drug-likeness (QED) is 0.518. The highest BCUT2D eigenvalue weighted by Crippen LogP contribution is 2.60. The molecular formula is C27H44O2. The maximum Gasteiger partial charge on any atom is 0.0591 e. The lowest BCUT2D eigenvalue weighted by atomic mass is 9.60. The van der Waals surface area contributed by atoms with Crippen molar-refractivity contribution in [3.63, 3.8) is 0 Å². The zero-order chi connectivity index (χ0) is 21.2. The molecule has 2 nitrogen and oxygen atoms in total. The fourth-order valence-corrected chi connectivity index (χ4v) is 6.67. The molecule has 0 spiro atoms. The number of hydrogen-bond donors (Lipinski definition) is 2. The third-order valence-corrected chi connectivity index (χ3v) is 8.36. The van der Waals surface area contributed by atoms with E-state index in [-0.39, 0.29) is 6.10 Å². The van der Waals surface area contributed by atoms with Gasteiger partial charge in [0.25, 0.3) is 0 Å². The number of aliphatic hydroxyl groups excluding tert-OH is 1. The summed E-state index contributed by atoms with van der Waals surface area (Å²) in [6, 6.07) is 0. The van der Waals surface area contributed by atoms with E-state index in [4.69, 9.17) is 0 Å². The van der Waals surface area contributed by atoms with E-state index >= 15 is 0 Å². The first kappa shape index (κ1) is 22.8. The summed E-state index contributed by atoms with van der Waals surface area (Å²) in [4.78, 5) is 0. The largest absolute Gasteiger partial charge is 0.393 e. The van der Waals surface area contributed by atoms with Gasteiger partial charge < -0.3 is 10.2 Å². The van der Waals surface area contributed by atoms with Gasteiger partial charge in [0.2, 0.25) is 0 Å². The van der Waals surface area contributed by atoms with Gasteiger partial charge in [-0.2, -0.15) is 0 Å². The maximum absolute atomic E-state index is 10.0. The number of hydrogen-bond acceptors (Lipinski definition) is 2. The highest BCUT2D eigenvalue weighted by atomic mass is 16.3. The Balaban J connectivity index is 1.68. The standard InChI is InChI=1S/C27H44O2/c1-19-10-13-23(28)18-22(19)12-11-21-9-7-17-27(5)24(14-15-25(21)27)20(2)8-6-16-26(3,4)29/h11-12,20,23-25,28-29H,1,6-10,13-18H2,2-5H3/b21-11+,22-12-/t20-,23-,24+,25+,27-/m0/s1. The summed E-state index contributed by atoms with van der Waals surface area (Å²) in [6.45, 7) is 13.1. The first-order chi connectivity index (χ1) is 13.6. The molecule has 2 N–H and O–H groups in total. The molecule has 3 saturated carbocycles. The number of aliphatic hydroxyl groups is 2. The van der Waals surface area contributed by atoms with Gasteiger partial charge in [0.05, 0.1) is 11.7 Å². The molecule has 5 atom stereocenters. The van der Waals surface area contributed by atoms with Gasteiger partial charge in [-0.1, -0.05) is 56.6 Å². The Bertz CT molecular complexity index is 650. The van der Waals surface area contributed by atoms with E-state index < -0.39 is 5.60 Å². The van der Waals surface area contributed by atoms with Crippen LogP contribution in [0.2, 0.25) is 0 Å². The Labute approximate surface area is 179 Å². The molecule has 0 bridgehead atoms. The molecule has 3 rings (SSSR count). The van der Waals surface area contributed by atoms with Gasteiger partial charge >= 0.3 is 0 Å². The molecular weight excluding hydrogens is 356 g/mol. The van der Waals surface area contributed by atoms with Crippen LogP contribution in [0.15, 0.2) is 35.5 Å². The molecule has 164 valence electrons. The second kappa shape index (κ2) is 9.10. The van der Waals surface area contributed by atoms with Crippen LogP contribution in [0.4, 0.5) is 0 Å². The van der Waals surface area contributed by atoms with Crippen molar-refractivity contribution < 1.29 is 10.2 Å². The summed E-state index contributed by atoms with van der Waals surface area (Å²) < 4.78 is 0. The van der Waals surface area contributed by atoms with Gasteiger partial charge in [-0.25, -0.2) is 0 Å². The fraction of sp³-hybridized carbons (Fsp3) is 0.778. The molecule has 0 aliphatic heterocycles. The van der Waals surface area contributed by atoms with Gasteiger partial charge in [-0.15, -0.1) is 0 Å². The van der Waals surface area contributed by atoms with Gasteiger partial charge in [0.15, 0.2) is 0 Å². The van der Waals surface area contributed by atoms with Crippen LogP contribution in [-0.4, -0.2) is 21.9 Å². The highest BCUT2D eigenvalue weighted by molar-refractivity contribution is 5.36. The zero-order valence-corrected chi connectivity index (χ0v) is 19.3. The van der Waals surface area contributed by atoms with Crippen molar-refractivity contribution in [3.8, 4) is 0 Å². The van der Waals surface area contributed by atoms with Crippen molar-refractivity contribution in [2.75, 3.05) is 0 Å². The van der Waals surface area contributed by atoms with Gasteiger partial charge in [0, 0.05) is 0 Å². The molecule has 0 heterocycles. The Morgan fingerprint density at radius 3 is 2.69 bits per heavy atom. The predicted octanol–water partition coefficient (Wildman–Crippen LogP) is 6.73. The molecule has 0 amide bonds. The van der Waals surface area contributed by atoms with E-state index in [1.54, 1.807) is 5.57 Å². The summed E-state index contributed by atoms with van der Waals surface area (Å²) >= 11 is 0. The smallest absolute Gasteiger partial charge is 0.0591 e. The first-order valence-corrected chi connectivity index (χ1v) is 12.1. The minimum absolute atomic E-state index is 0.192. The lowest BCUT2D eigenvalue weighted by Gasteiger charge is -2.44. The molecule has 0 aromatic rings. The Hall–Kier alpha value is -0.860. The lowest BCUT2D eigenvalue weighted by Crippen LogP contribution is -2.36. The average molecular weight is 401 g/mol. The van der Waals surface area contributed by atoms with Crippen LogP contribution in [0.1, 0.15) is 98.3 Å². The van der Waals surface area contributed by atoms with Crippen LogP contribution in [0.5, 0.6) is 0 Å². The van der Waals surface area contributed by atoms with E-state index in [0.29, 0.717) is 5.41 Å². The van der Waals surface area contributed by atoms with Crippen LogP contribution in [0, 0.1) is 23.2 Å². The Morgan fingerprint density at radius 1 is 1.21 bits per heavy atom. The minimum Gasteiger partial charge on any atom is -0.393 e. The van der Waals surface area contributed by atoms with Crippen molar-refractivity contribution >= 4 is 0 Å². The summed E-state index contributed by atoms with van der Waals surface area (Å²) in [7, 11) is 0. The topological polar surface area (TPSA) is 40.5 Å². The summed E-state index contributed by atoms with van der Waals surface area (Å²) in [5, 5.41) is 20.1. The van der Waals surface area contributed by atoms with E-state index in [1.165, 1.54) is 49.7 Å². The average Bonchev–Trinajstić information content (AvgIpc) is 2.99. The minimum atomic E-state index is -0.535. The number of rotatable bonds is 6. The molecule has 0 unspecified atom stereocenters. The highest BCUT2D eigenvalue weighted by Gasteiger charge is 2.50. The summed E-state index contributed by atoms with van der Waals surface area (Å²) in [5.74, 6) is 2.26.